The van der Waals surface area contributed by atoms with Gasteiger partial charge in [-0.05, 0) is 87.1 Å². The Morgan fingerprint density at radius 2 is 1.52 bits per heavy atom. The zero-order chi connectivity index (χ0) is 15.6. The molecule has 2 rings (SSSR count). The predicted molar refractivity (Wildman–Crippen MR) is 94.8 cm³/mol. The molecule has 21 heavy (non-hydrogen) atoms. The van der Waals surface area contributed by atoms with Crippen molar-refractivity contribution in [1.29, 1.82) is 0 Å². The molecule has 108 valence electrons. The molecule has 0 aliphatic heterocycles. The van der Waals surface area contributed by atoms with Gasteiger partial charge in [-0.2, -0.15) is 0 Å². The van der Waals surface area contributed by atoms with E-state index in [-0.39, 0.29) is 18.0 Å². The number of hydrogen-bond donors (Lipinski definition) is 2. The van der Waals surface area contributed by atoms with E-state index in [1.54, 1.807) is 24.3 Å². The number of phenols is 1. The third kappa shape index (κ3) is 3.94. The maximum atomic E-state index is 12.5. The number of hydrogen-bond acceptors (Lipinski definition) is 3. The van der Waals surface area contributed by atoms with Crippen molar-refractivity contribution >= 4 is 56.9 Å². The largest absolute Gasteiger partial charge is 0.508 e. The van der Waals surface area contributed by atoms with E-state index >= 15 is 0 Å². The van der Waals surface area contributed by atoms with Gasteiger partial charge in [0.2, 0.25) is 0 Å². The summed E-state index contributed by atoms with van der Waals surface area (Å²) in [5, 5.41) is 18.1. The Balaban J connectivity index is 2.42. The molecule has 0 aromatic heterocycles. The second kappa shape index (κ2) is 6.73. The highest BCUT2D eigenvalue weighted by molar-refractivity contribution is 14.1. The zero-order valence-corrected chi connectivity index (χ0v) is 15.0. The van der Waals surface area contributed by atoms with Crippen molar-refractivity contribution in [1.82, 2.24) is 0 Å². The maximum absolute atomic E-state index is 12.5. The lowest BCUT2D eigenvalue weighted by molar-refractivity contribution is -0.136. The standard InChI is InChI=1S/C15H10I2O4/c16-11-5-8(7-13(19)20)6-12(17)14(11)15(21)9-1-3-10(18)4-2-9/h1-6,18H,7H2,(H,19,20). The highest BCUT2D eigenvalue weighted by Gasteiger charge is 2.17. The molecule has 2 aromatic rings. The molecule has 0 saturated carbocycles. The third-order valence-corrected chi connectivity index (χ3v) is 4.52. The topological polar surface area (TPSA) is 74.6 Å². The fraction of sp³-hybridized carbons (Fsp3) is 0.0667. The van der Waals surface area contributed by atoms with Crippen molar-refractivity contribution in [2.75, 3.05) is 0 Å². The van der Waals surface area contributed by atoms with Crippen LogP contribution in [-0.4, -0.2) is 22.0 Å². The smallest absolute Gasteiger partial charge is 0.307 e. The van der Waals surface area contributed by atoms with Crippen LogP contribution < -0.4 is 0 Å². The lowest BCUT2D eigenvalue weighted by Gasteiger charge is -2.09. The zero-order valence-electron chi connectivity index (χ0n) is 10.6. The first-order chi connectivity index (χ1) is 9.88. The van der Waals surface area contributed by atoms with Crippen molar-refractivity contribution in [2.24, 2.45) is 0 Å². The molecule has 6 heteroatoms. The van der Waals surface area contributed by atoms with Crippen LogP contribution >= 0.6 is 45.2 Å². The Morgan fingerprint density at radius 1 is 1.00 bits per heavy atom. The van der Waals surface area contributed by atoms with Crippen LogP contribution in [0.2, 0.25) is 0 Å². The molecule has 2 N–H and O–H groups in total. The van der Waals surface area contributed by atoms with E-state index < -0.39 is 5.97 Å². The van der Waals surface area contributed by atoms with Crippen molar-refractivity contribution in [3.05, 3.63) is 60.2 Å². The molecular weight excluding hydrogens is 498 g/mol. The molecule has 2 aromatic carbocycles. The van der Waals surface area contributed by atoms with Gasteiger partial charge in [0.05, 0.1) is 6.42 Å². The van der Waals surface area contributed by atoms with Gasteiger partial charge in [-0.3, -0.25) is 9.59 Å². The Bertz CT molecular complexity index is 685. The molecule has 0 saturated heterocycles. The van der Waals surface area contributed by atoms with E-state index in [0.29, 0.717) is 23.8 Å². The minimum absolute atomic E-state index is 0.0698. The molecule has 0 bridgehead atoms. The van der Waals surface area contributed by atoms with Gasteiger partial charge in [0, 0.05) is 18.3 Å². The number of ketones is 1. The van der Waals surface area contributed by atoms with E-state index in [4.69, 9.17) is 5.11 Å². The normalized spacial score (nSPS) is 10.4. The van der Waals surface area contributed by atoms with Gasteiger partial charge in [-0.25, -0.2) is 0 Å². The summed E-state index contributed by atoms with van der Waals surface area (Å²) in [4.78, 5) is 23.3. The van der Waals surface area contributed by atoms with Crippen LogP contribution in [0.4, 0.5) is 0 Å². The predicted octanol–water partition coefficient (Wildman–Crippen LogP) is 3.46. The van der Waals surface area contributed by atoms with Gasteiger partial charge in [-0.15, -0.1) is 0 Å². The Labute approximate surface area is 148 Å². The fourth-order valence-electron chi connectivity index (χ4n) is 1.88. The number of carboxylic acid groups (broad SMARTS) is 1. The van der Waals surface area contributed by atoms with Gasteiger partial charge < -0.3 is 10.2 Å². The monoisotopic (exact) mass is 508 g/mol. The number of rotatable bonds is 4. The molecular formula is C15H10I2O4. The van der Waals surface area contributed by atoms with E-state index in [1.807, 2.05) is 45.2 Å². The summed E-state index contributed by atoms with van der Waals surface area (Å²) in [7, 11) is 0. The number of carbonyl (C=O) groups excluding carboxylic acids is 1. The highest BCUT2D eigenvalue weighted by atomic mass is 127. The summed E-state index contributed by atoms with van der Waals surface area (Å²) in [6.45, 7) is 0. The SMILES string of the molecule is O=C(O)Cc1cc(I)c(C(=O)c2ccc(O)cc2)c(I)c1. The van der Waals surface area contributed by atoms with Crippen LogP contribution in [0, 0.1) is 7.14 Å². The summed E-state index contributed by atoms with van der Waals surface area (Å²) in [6.07, 6.45) is -0.0698. The van der Waals surface area contributed by atoms with E-state index in [1.165, 1.54) is 12.1 Å². The van der Waals surface area contributed by atoms with E-state index in [0.717, 1.165) is 0 Å². The van der Waals surface area contributed by atoms with Crippen LogP contribution in [0.1, 0.15) is 21.5 Å². The van der Waals surface area contributed by atoms with Crippen LogP contribution in [0.15, 0.2) is 36.4 Å². The second-order valence-corrected chi connectivity index (χ2v) is 6.71. The number of halogens is 2. The van der Waals surface area contributed by atoms with Gasteiger partial charge >= 0.3 is 5.97 Å². The molecule has 0 amide bonds. The fourth-order valence-corrected chi connectivity index (χ4v) is 4.26. The summed E-state index contributed by atoms with van der Waals surface area (Å²) in [5.41, 5.74) is 1.70. The quantitative estimate of drug-likeness (QED) is 0.491. The number of carbonyl (C=O) groups is 2. The minimum Gasteiger partial charge on any atom is -0.508 e. The summed E-state index contributed by atoms with van der Waals surface area (Å²) in [6, 6.07) is 9.48. The van der Waals surface area contributed by atoms with Crippen molar-refractivity contribution in [3.8, 4) is 5.75 Å². The van der Waals surface area contributed by atoms with Crippen LogP contribution in [-0.2, 0) is 11.2 Å². The summed E-state index contributed by atoms with van der Waals surface area (Å²) < 4.78 is 1.43. The summed E-state index contributed by atoms with van der Waals surface area (Å²) in [5.74, 6) is -0.947. The number of phenolic OH excluding ortho intramolecular Hbond substituents is 1. The van der Waals surface area contributed by atoms with E-state index in [9.17, 15) is 14.7 Å². The molecule has 0 radical (unpaired) electrons. The van der Waals surface area contributed by atoms with Crippen molar-refractivity contribution < 1.29 is 19.8 Å². The third-order valence-electron chi connectivity index (χ3n) is 2.81. The van der Waals surface area contributed by atoms with Crippen LogP contribution in [0.25, 0.3) is 0 Å². The first-order valence-electron chi connectivity index (χ1n) is 5.92. The van der Waals surface area contributed by atoms with Crippen LogP contribution in [0.5, 0.6) is 5.75 Å². The lowest BCUT2D eigenvalue weighted by Crippen LogP contribution is -2.09. The van der Waals surface area contributed by atoms with Gasteiger partial charge in [0.15, 0.2) is 5.78 Å². The molecule has 0 unspecified atom stereocenters. The Morgan fingerprint density at radius 3 is 2.00 bits per heavy atom. The number of aromatic hydroxyl groups is 1. The van der Waals surface area contributed by atoms with Gasteiger partial charge in [-0.1, -0.05) is 0 Å². The number of aliphatic carboxylic acids is 1. The molecule has 4 nitrogen and oxygen atoms in total. The molecule has 0 aliphatic rings. The van der Waals surface area contributed by atoms with E-state index in [2.05, 4.69) is 0 Å². The second-order valence-electron chi connectivity index (χ2n) is 4.38. The molecule has 0 atom stereocenters. The average molecular weight is 508 g/mol. The van der Waals surface area contributed by atoms with Crippen LogP contribution in [0.3, 0.4) is 0 Å². The molecule has 0 heterocycles. The first kappa shape index (κ1) is 16.2. The molecule has 0 fully saturated rings. The number of benzene rings is 2. The van der Waals surface area contributed by atoms with Gasteiger partial charge in [0.1, 0.15) is 5.75 Å². The lowest BCUT2D eigenvalue weighted by atomic mass is 10.0. The highest BCUT2D eigenvalue weighted by Crippen LogP contribution is 2.25. The Kier molecular flexibility index (Phi) is 5.20. The summed E-state index contributed by atoms with van der Waals surface area (Å²) >= 11 is 4.08. The minimum atomic E-state index is -0.904. The Hall–Kier alpha value is -1.16. The molecule has 0 aliphatic carbocycles. The van der Waals surface area contributed by atoms with Crippen molar-refractivity contribution in [3.63, 3.8) is 0 Å². The maximum Gasteiger partial charge on any atom is 0.307 e. The average Bonchev–Trinajstić information content (AvgIpc) is 2.37. The molecule has 0 spiro atoms. The first-order valence-corrected chi connectivity index (χ1v) is 8.07. The number of carboxylic acids is 1. The van der Waals surface area contributed by atoms with Crippen molar-refractivity contribution in [2.45, 2.75) is 6.42 Å². The van der Waals surface area contributed by atoms with Gasteiger partial charge in [0.25, 0.3) is 0 Å².